The van der Waals surface area contributed by atoms with Crippen LogP contribution in [0.15, 0.2) is 23.1 Å². The Morgan fingerprint density at radius 1 is 1.35 bits per heavy atom. The van der Waals surface area contributed by atoms with E-state index in [9.17, 15) is 13.2 Å². The number of carbonyl (C=O) groups excluding carboxylic acids is 1. The Morgan fingerprint density at radius 3 is 2.55 bits per heavy atom. The molecule has 0 saturated carbocycles. The number of nitrogens with zero attached hydrogens (tertiary/aromatic N) is 2. The van der Waals surface area contributed by atoms with E-state index in [0.29, 0.717) is 37.1 Å². The van der Waals surface area contributed by atoms with Crippen molar-refractivity contribution in [2.24, 2.45) is 5.92 Å². The molecule has 0 aromatic heterocycles. The van der Waals surface area contributed by atoms with Crippen molar-refractivity contribution in [3.05, 3.63) is 29.3 Å². The number of rotatable bonds is 3. The first-order valence-electron chi connectivity index (χ1n) is 6.45. The highest BCUT2D eigenvalue weighted by Gasteiger charge is 2.30. The van der Waals surface area contributed by atoms with Crippen LogP contribution in [0.2, 0.25) is 0 Å². The molecule has 1 fully saturated rings. The molecule has 1 saturated heterocycles. The first-order chi connectivity index (χ1) is 9.48. The molecule has 0 amide bonds. The van der Waals surface area contributed by atoms with Gasteiger partial charge in [0.1, 0.15) is 6.29 Å². The maximum absolute atomic E-state index is 12.6. The molecule has 0 aliphatic carbocycles. The van der Waals surface area contributed by atoms with Gasteiger partial charge in [-0.3, -0.25) is 0 Å². The molecule has 1 aliphatic heterocycles. The molecule has 20 heavy (non-hydrogen) atoms. The number of benzene rings is 1. The van der Waals surface area contributed by atoms with Gasteiger partial charge >= 0.3 is 0 Å². The summed E-state index contributed by atoms with van der Waals surface area (Å²) in [6.45, 7) is 2.41. The Balaban J connectivity index is 2.32. The van der Waals surface area contributed by atoms with Crippen LogP contribution in [0.1, 0.15) is 24.0 Å². The highest BCUT2D eigenvalue weighted by Crippen LogP contribution is 2.25. The number of aryl methyl sites for hydroxylation is 1. The second-order valence-electron chi connectivity index (χ2n) is 4.97. The van der Waals surface area contributed by atoms with Crippen LogP contribution in [0, 0.1) is 24.2 Å². The summed E-state index contributed by atoms with van der Waals surface area (Å²) in [5, 5.41) is 8.90. The predicted octanol–water partition coefficient (Wildman–Crippen LogP) is 1.47. The van der Waals surface area contributed by atoms with Crippen molar-refractivity contribution in [1.29, 1.82) is 5.26 Å². The van der Waals surface area contributed by atoms with Gasteiger partial charge in [-0.1, -0.05) is 6.07 Å². The quantitative estimate of drug-likeness (QED) is 0.790. The average Bonchev–Trinajstić information content (AvgIpc) is 2.47. The van der Waals surface area contributed by atoms with Gasteiger partial charge in [0.2, 0.25) is 10.0 Å². The van der Waals surface area contributed by atoms with E-state index in [1.54, 1.807) is 19.1 Å². The highest BCUT2D eigenvalue weighted by molar-refractivity contribution is 7.89. The minimum absolute atomic E-state index is 0.0482. The van der Waals surface area contributed by atoms with Gasteiger partial charge in [-0.15, -0.1) is 0 Å². The summed E-state index contributed by atoms with van der Waals surface area (Å²) in [6, 6.07) is 6.62. The number of aldehydes is 1. The number of hydrogen-bond donors (Lipinski definition) is 0. The summed E-state index contributed by atoms with van der Waals surface area (Å²) < 4.78 is 26.6. The molecule has 1 aromatic rings. The van der Waals surface area contributed by atoms with Crippen molar-refractivity contribution >= 4 is 16.3 Å². The van der Waals surface area contributed by atoms with Crippen molar-refractivity contribution < 1.29 is 13.2 Å². The van der Waals surface area contributed by atoms with Crippen molar-refractivity contribution in [3.63, 3.8) is 0 Å². The molecule has 2 rings (SSSR count). The number of nitriles is 1. The molecule has 0 atom stereocenters. The van der Waals surface area contributed by atoms with Gasteiger partial charge in [-0.25, -0.2) is 8.42 Å². The third-order valence-electron chi connectivity index (χ3n) is 3.63. The number of piperidine rings is 1. The van der Waals surface area contributed by atoms with Crippen molar-refractivity contribution in [2.75, 3.05) is 13.1 Å². The number of carbonyl (C=O) groups is 1. The number of sulfonamides is 1. The Morgan fingerprint density at radius 2 is 2.00 bits per heavy atom. The molecule has 0 bridgehead atoms. The summed E-state index contributed by atoms with van der Waals surface area (Å²) in [5.74, 6) is -0.0482. The van der Waals surface area contributed by atoms with Gasteiger partial charge in [0.05, 0.1) is 16.5 Å². The van der Waals surface area contributed by atoms with E-state index < -0.39 is 10.0 Å². The average molecular weight is 292 g/mol. The van der Waals surface area contributed by atoms with E-state index in [1.165, 1.54) is 10.4 Å². The second-order valence-corrected chi connectivity index (χ2v) is 6.88. The molecular weight excluding hydrogens is 276 g/mol. The maximum atomic E-state index is 12.6. The maximum Gasteiger partial charge on any atom is 0.243 e. The summed E-state index contributed by atoms with van der Waals surface area (Å²) in [6.07, 6.45) is 2.00. The lowest BCUT2D eigenvalue weighted by molar-refractivity contribution is -0.112. The van der Waals surface area contributed by atoms with E-state index in [4.69, 9.17) is 5.26 Å². The van der Waals surface area contributed by atoms with Crippen LogP contribution >= 0.6 is 0 Å². The molecule has 0 spiro atoms. The van der Waals surface area contributed by atoms with Crippen LogP contribution in [0.25, 0.3) is 0 Å². The number of hydrogen-bond acceptors (Lipinski definition) is 4. The van der Waals surface area contributed by atoms with E-state index >= 15 is 0 Å². The summed E-state index contributed by atoms with van der Waals surface area (Å²) in [7, 11) is -3.59. The molecule has 1 aliphatic rings. The summed E-state index contributed by atoms with van der Waals surface area (Å²) in [5.41, 5.74) is 0.957. The van der Waals surface area contributed by atoms with Crippen LogP contribution in [0.4, 0.5) is 0 Å². The molecular formula is C14H16N2O3S. The third kappa shape index (κ3) is 2.74. The monoisotopic (exact) mass is 292 g/mol. The standard InChI is InChI=1S/C14H16N2O3S/c1-11-2-3-13(9-15)8-14(11)20(18,19)16-6-4-12(10-17)5-7-16/h2-3,8,10,12H,4-7H2,1H3. The molecule has 0 N–H and O–H groups in total. The first kappa shape index (κ1) is 14.7. The van der Waals surface area contributed by atoms with E-state index in [1.807, 2.05) is 6.07 Å². The predicted molar refractivity (Wildman–Crippen MR) is 73.4 cm³/mol. The topological polar surface area (TPSA) is 78.2 Å². The molecule has 0 unspecified atom stereocenters. The fraction of sp³-hybridized carbons (Fsp3) is 0.429. The zero-order valence-electron chi connectivity index (χ0n) is 11.2. The fourth-order valence-corrected chi connectivity index (χ4v) is 4.06. The van der Waals surface area contributed by atoms with Crippen LogP contribution in [0.3, 0.4) is 0 Å². The van der Waals surface area contributed by atoms with Crippen LogP contribution in [-0.4, -0.2) is 32.1 Å². The molecule has 1 heterocycles. The second kappa shape index (κ2) is 5.73. The lowest BCUT2D eigenvalue weighted by Crippen LogP contribution is -2.39. The minimum Gasteiger partial charge on any atom is -0.303 e. The van der Waals surface area contributed by atoms with E-state index in [0.717, 1.165) is 6.29 Å². The minimum atomic E-state index is -3.59. The zero-order valence-corrected chi connectivity index (χ0v) is 12.1. The molecule has 0 radical (unpaired) electrons. The Kier molecular flexibility index (Phi) is 4.21. The van der Waals surface area contributed by atoms with Crippen LogP contribution in [0.5, 0.6) is 0 Å². The third-order valence-corrected chi connectivity index (χ3v) is 5.67. The zero-order chi connectivity index (χ0) is 14.8. The molecule has 106 valence electrons. The van der Waals surface area contributed by atoms with Gasteiger partial charge in [0.15, 0.2) is 0 Å². The van der Waals surface area contributed by atoms with Crippen molar-refractivity contribution in [3.8, 4) is 6.07 Å². The lowest BCUT2D eigenvalue weighted by Gasteiger charge is -2.29. The normalized spacial score (nSPS) is 17.6. The SMILES string of the molecule is Cc1ccc(C#N)cc1S(=O)(=O)N1CCC(C=O)CC1. The Labute approximate surface area is 118 Å². The van der Waals surface area contributed by atoms with E-state index in [2.05, 4.69) is 0 Å². The highest BCUT2D eigenvalue weighted by atomic mass is 32.2. The lowest BCUT2D eigenvalue weighted by atomic mass is 10.0. The molecule has 6 heteroatoms. The Hall–Kier alpha value is -1.71. The van der Waals surface area contributed by atoms with Gasteiger partial charge in [-0.2, -0.15) is 9.57 Å². The van der Waals surface area contributed by atoms with Crippen molar-refractivity contribution in [2.45, 2.75) is 24.7 Å². The molecule has 1 aromatic carbocycles. The van der Waals surface area contributed by atoms with Gasteiger partial charge in [0, 0.05) is 19.0 Å². The van der Waals surface area contributed by atoms with Crippen molar-refractivity contribution in [1.82, 2.24) is 4.31 Å². The van der Waals surface area contributed by atoms with E-state index in [-0.39, 0.29) is 10.8 Å². The van der Waals surface area contributed by atoms with Gasteiger partial charge < -0.3 is 4.79 Å². The van der Waals surface area contributed by atoms with Crippen LogP contribution < -0.4 is 0 Å². The van der Waals surface area contributed by atoms with Gasteiger partial charge in [0.25, 0.3) is 0 Å². The summed E-state index contributed by atoms with van der Waals surface area (Å²) in [4.78, 5) is 10.9. The smallest absolute Gasteiger partial charge is 0.243 e. The first-order valence-corrected chi connectivity index (χ1v) is 7.89. The fourth-order valence-electron chi connectivity index (χ4n) is 2.34. The summed E-state index contributed by atoms with van der Waals surface area (Å²) >= 11 is 0. The van der Waals surface area contributed by atoms with Gasteiger partial charge in [-0.05, 0) is 37.5 Å². The van der Waals surface area contributed by atoms with Crippen LogP contribution in [-0.2, 0) is 14.8 Å². The molecule has 5 nitrogen and oxygen atoms in total. The Bertz CT molecular complexity index is 653. The largest absolute Gasteiger partial charge is 0.303 e.